The number of benzene rings is 1. The van der Waals surface area contributed by atoms with Crippen LogP contribution in [-0.2, 0) is 11.3 Å². The number of likely N-dealkylation sites (tertiary alicyclic amines) is 1. The van der Waals surface area contributed by atoms with Crippen LogP contribution in [0.15, 0.2) is 49.1 Å². The highest BCUT2D eigenvalue weighted by Crippen LogP contribution is 2.27. The molecule has 1 aliphatic heterocycles. The number of pyridine rings is 1. The van der Waals surface area contributed by atoms with Crippen LogP contribution in [0.2, 0.25) is 0 Å². The zero-order valence-electron chi connectivity index (χ0n) is 15.4. The van der Waals surface area contributed by atoms with Crippen molar-refractivity contribution in [2.45, 2.75) is 25.8 Å². The lowest BCUT2D eigenvalue weighted by Gasteiger charge is -2.31. The summed E-state index contributed by atoms with van der Waals surface area (Å²) in [4.78, 5) is 22.6. The maximum Gasteiger partial charge on any atom is 0.221 e. The number of hydrogen-bond acceptors (Lipinski definition) is 4. The third-order valence-electron chi connectivity index (χ3n) is 5.42. The van der Waals surface area contributed by atoms with Gasteiger partial charge in [0.25, 0.3) is 0 Å². The van der Waals surface area contributed by atoms with E-state index in [1.807, 2.05) is 30.9 Å². The first kappa shape index (κ1) is 17.7. The standard InChI is InChI=1S/C21H25N5O/c22-20(27)17-5-2-10-25(15-17)11-3-12-26-13-9-24-21(26)19-6-1-4-16-14-23-8-7-18(16)19/h1,4,6-9,13-14,17H,2-3,5,10-12,15H2,(H2,22,27). The van der Waals surface area contributed by atoms with Crippen molar-refractivity contribution in [1.29, 1.82) is 0 Å². The Hall–Kier alpha value is -2.73. The second kappa shape index (κ2) is 7.88. The van der Waals surface area contributed by atoms with Crippen LogP contribution in [0.4, 0.5) is 0 Å². The van der Waals surface area contributed by atoms with Crippen LogP contribution in [0, 0.1) is 5.92 Å². The Morgan fingerprint density at radius 1 is 1.22 bits per heavy atom. The number of primary amides is 1. The molecule has 3 aromatic rings. The van der Waals surface area contributed by atoms with Gasteiger partial charge in [0, 0.05) is 48.8 Å². The molecule has 140 valence electrons. The fraction of sp³-hybridized carbons (Fsp3) is 0.381. The van der Waals surface area contributed by atoms with Crippen LogP contribution >= 0.6 is 0 Å². The Kier molecular flexibility index (Phi) is 5.16. The second-order valence-corrected chi connectivity index (χ2v) is 7.24. The zero-order chi connectivity index (χ0) is 18.6. The number of nitrogens with zero attached hydrogens (tertiary/aromatic N) is 4. The van der Waals surface area contributed by atoms with Crippen molar-refractivity contribution in [1.82, 2.24) is 19.4 Å². The first-order valence-electron chi connectivity index (χ1n) is 9.58. The summed E-state index contributed by atoms with van der Waals surface area (Å²) in [6.07, 6.45) is 10.6. The largest absolute Gasteiger partial charge is 0.369 e. The molecule has 1 saturated heterocycles. The number of imidazole rings is 1. The first-order chi connectivity index (χ1) is 13.2. The summed E-state index contributed by atoms with van der Waals surface area (Å²) in [5.41, 5.74) is 6.61. The predicted molar refractivity (Wildman–Crippen MR) is 106 cm³/mol. The molecule has 0 aliphatic carbocycles. The summed E-state index contributed by atoms with van der Waals surface area (Å²) in [7, 11) is 0. The summed E-state index contributed by atoms with van der Waals surface area (Å²) in [5, 5.41) is 2.29. The Morgan fingerprint density at radius 2 is 2.15 bits per heavy atom. The molecule has 0 bridgehead atoms. The predicted octanol–water partition coefficient (Wildman–Crippen LogP) is 2.69. The van der Waals surface area contributed by atoms with Crippen LogP contribution in [0.25, 0.3) is 22.2 Å². The molecular weight excluding hydrogens is 338 g/mol. The van der Waals surface area contributed by atoms with Gasteiger partial charge >= 0.3 is 0 Å². The molecule has 2 aromatic heterocycles. The normalized spacial score (nSPS) is 18.0. The number of rotatable bonds is 6. The molecule has 27 heavy (non-hydrogen) atoms. The molecule has 1 aromatic carbocycles. The molecule has 0 radical (unpaired) electrons. The molecule has 2 N–H and O–H groups in total. The zero-order valence-corrected chi connectivity index (χ0v) is 15.4. The van der Waals surface area contributed by atoms with E-state index in [4.69, 9.17) is 5.73 Å². The number of nitrogens with two attached hydrogens (primary N) is 1. The van der Waals surface area contributed by atoms with E-state index >= 15 is 0 Å². The van der Waals surface area contributed by atoms with E-state index in [0.717, 1.165) is 62.2 Å². The average Bonchev–Trinajstić information content (AvgIpc) is 3.16. The SMILES string of the molecule is NC(=O)C1CCCN(CCCn2ccnc2-c2cccc3cnccc23)C1. The van der Waals surface area contributed by atoms with Crippen molar-refractivity contribution in [2.75, 3.05) is 19.6 Å². The Morgan fingerprint density at radius 3 is 3.04 bits per heavy atom. The third kappa shape index (κ3) is 3.85. The van der Waals surface area contributed by atoms with Crippen molar-refractivity contribution >= 4 is 16.7 Å². The maximum atomic E-state index is 11.4. The summed E-state index contributed by atoms with van der Waals surface area (Å²) >= 11 is 0. The molecule has 0 saturated carbocycles. The van der Waals surface area contributed by atoms with E-state index < -0.39 is 0 Å². The minimum atomic E-state index is -0.165. The van der Waals surface area contributed by atoms with Crippen LogP contribution in [-0.4, -0.2) is 45.0 Å². The van der Waals surface area contributed by atoms with Crippen molar-refractivity contribution < 1.29 is 4.79 Å². The van der Waals surface area contributed by atoms with Crippen molar-refractivity contribution in [3.63, 3.8) is 0 Å². The highest BCUT2D eigenvalue weighted by atomic mass is 16.1. The number of amides is 1. The number of piperidine rings is 1. The van der Waals surface area contributed by atoms with Crippen LogP contribution in [0.3, 0.4) is 0 Å². The van der Waals surface area contributed by atoms with E-state index in [1.165, 1.54) is 5.39 Å². The van der Waals surface area contributed by atoms with Gasteiger partial charge in [-0.25, -0.2) is 4.98 Å². The lowest BCUT2D eigenvalue weighted by Crippen LogP contribution is -2.41. The summed E-state index contributed by atoms with van der Waals surface area (Å²) in [6.45, 7) is 3.72. The van der Waals surface area contributed by atoms with Crippen LogP contribution in [0.5, 0.6) is 0 Å². The fourth-order valence-electron chi connectivity index (χ4n) is 4.01. The van der Waals surface area contributed by atoms with Crippen molar-refractivity contribution in [2.24, 2.45) is 11.7 Å². The van der Waals surface area contributed by atoms with Gasteiger partial charge in [-0.2, -0.15) is 0 Å². The van der Waals surface area contributed by atoms with Gasteiger partial charge in [-0.1, -0.05) is 18.2 Å². The molecule has 1 unspecified atom stereocenters. The van der Waals surface area contributed by atoms with Gasteiger partial charge in [-0.15, -0.1) is 0 Å². The van der Waals surface area contributed by atoms with E-state index in [1.54, 1.807) is 0 Å². The number of hydrogen-bond donors (Lipinski definition) is 1. The third-order valence-corrected chi connectivity index (χ3v) is 5.42. The highest BCUT2D eigenvalue weighted by Gasteiger charge is 2.23. The molecule has 1 aliphatic rings. The van der Waals surface area contributed by atoms with Gasteiger partial charge in [-0.05, 0) is 43.8 Å². The summed E-state index contributed by atoms with van der Waals surface area (Å²) in [6, 6.07) is 8.28. The number of aromatic nitrogens is 3. The highest BCUT2D eigenvalue weighted by molar-refractivity contribution is 5.94. The fourth-order valence-corrected chi connectivity index (χ4v) is 4.01. The molecular formula is C21H25N5O. The van der Waals surface area contributed by atoms with Gasteiger partial charge in [0.15, 0.2) is 0 Å². The van der Waals surface area contributed by atoms with Crippen LogP contribution in [0.1, 0.15) is 19.3 Å². The van der Waals surface area contributed by atoms with E-state index in [9.17, 15) is 4.79 Å². The number of carbonyl (C=O) groups is 1. The number of fused-ring (bicyclic) bond motifs is 1. The minimum absolute atomic E-state index is 0.00634. The van der Waals surface area contributed by atoms with E-state index in [0.29, 0.717) is 0 Å². The van der Waals surface area contributed by atoms with E-state index in [-0.39, 0.29) is 11.8 Å². The molecule has 6 nitrogen and oxygen atoms in total. The number of aryl methyl sites for hydroxylation is 1. The smallest absolute Gasteiger partial charge is 0.221 e. The molecule has 3 heterocycles. The van der Waals surface area contributed by atoms with Gasteiger partial charge in [-0.3, -0.25) is 9.78 Å². The molecule has 6 heteroatoms. The Balaban J connectivity index is 1.44. The Bertz CT molecular complexity index is 930. The van der Waals surface area contributed by atoms with Gasteiger partial charge in [0.05, 0.1) is 5.92 Å². The molecule has 4 rings (SSSR count). The lowest BCUT2D eigenvalue weighted by molar-refractivity contribution is -0.123. The average molecular weight is 363 g/mol. The maximum absolute atomic E-state index is 11.4. The molecule has 1 fully saturated rings. The molecule has 0 spiro atoms. The van der Waals surface area contributed by atoms with Gasteiger partial charge in [0.2, 0.25) is 5.91 Å². The minimum Gasteiger partial charge on any atom is -0.369 e. The second-order valence-electron chi connectivity index (χ2n) is 7.24. The lowest BCUT2D eigenvalue weighted by atomic mass is 9.97. The summed E-state index contributed by atoms with van der Waals surface area (Å²) in [5.74, 6) is 0.828. The topological polar surface area (TPSA) is 77.0 Å². The molecule has 1 atom stereocenters. The van der Waals surface area contributed by atoms with Gasteiger partial charge < -0.3 is 15.2 Å². The van der Waals surface area contributed by atoms with Crippen molar-refractivity contribution in [3.8, 4) is 11.4 Å². The first-order valence-corrected chi connectivity index (χ1v) is 9.58. The quantitative estimate of drug-likeness (QED) is 0.730. The monoisotopic (exact) mass is 363 g/mol. The van der Waals surface area contributed by atoms with Crippen molar-refractivity contribution in [3.05, 3.63) is 49.1 Å². The Labute approximate surface area is 159 Å². The molecule has 1 amide bonds. The van der Waals surface area contributed by atoms with E-state index in [2.05, 4.69) is 37.6 Å². The van der Waals surface area contributed by atoms with Crippen LogP contribution < -0.4 is 5.73 Å². The number of carbonyl (C=O) groups excluding carboxylic acids is 1. The summed E-state index contributed by atoms with van der Waals surface area (Å²) < 4.78 is 2.21. The van der Waals surface area contributed by atoms with Gasteiger partial charge in [0.1, 0.15) is 5.82 Å².